The van der Waals surface area contributed by atoms with E-state index in [9.17, 15) is 4.79 Å². The first-order valence-corrected chi connectivity index (χ1v) is 4.10. The molecule has 69 valence electrons. The largest absolute Gasteiger partial charge is 0.493 e. The van der Waals surface area contributed by atoms with E-state index in [0.29, 0.717) is 18.8 Å². The summed E-state index contributed by atoms with van der Waals surface area (Å²) in [4.78, 5) is 10.1. The van der Waals surface area contributed by atoms with E-state index < -0.39 is 5.97 Å². The number of rotatable bonds is 5. The second kappa shape index (κ2) is 5.19. The van der Waals surface area contributed by atoms with Gasteiger partial charge in [-0.3, -0.25) is 4.79 Å². The van der Waals surface area contributed by atoms with Crippen molar-refractivity contribution < 1.29 is 14.6 Å². The Balaban J connectivity index is 2.17. The van der Waals surface area contributed by atoms with Crippen molar-refractivity contribution in [2.24, 2.45) is 0 Å². The van der Waals surface area contributed by atoms with Crippen LogP contribution >= 0.6 is 0 Å². The molecule has 0 saturated heterocycles. The summed E-state index contributed by atoms with van der Waals surface area (Å²) in [6.07, 6.45) is 0.672. The number of hydrogen-bond donors (Lipinski definition) is 1. The van der Waals surface area contributed by atoms with Crippen LogP contribution in [0.25, 0.3) is 0 Å². The fourth-order valence-electron chi connectivity index (χ4n) is 0.872. The van der Waals surface area contributed by atoms with Crippen LogP contribution in [0.3, 0.4) is 0 Å². The highest BCUT2D eigenvalue weighted by molar-refractivity contribution is 5.66. The lowest BCUT2D eigenvalue weighted by molar-refractivity contribution is -0.137. The third-order valence-corrected chi connectivity index (χ3v) is 1.47. The zero-order chi connectivity index (χ0) is 9.52. The zero-order valence-electron chi connectivity index (χ0n) is 7.19. The van der Waals surface area contributed by atoms with Crippen molar-refractivity contribution in [1.29, 1.82) is 0 Å². The lowest BCUT2D eigenvalue weighted by Crippen LogP contribution is -2.01. The Morgan fingerprint density at radius 2 is 2.38 bits per heavy atom. The molecule has 0 heterocycles. The molecule has 0 aliphatic rings. The molecule has 0 amide bonds. The Hall–Kier alpha value is -1.51. The minimum absolute atomic E-state index is 0.146. The minimum Gasteiger partial charge on any atom is -0.493 e. The lowest BCUT2D eigenvalue weighted by Gasteiger charge is -2.03. The van der Waals surface area contributed by atoms with Gasteiger partial charge in [0.1, 0.15) is 5.75 Å². The first kappa shape index (κ1) is 9.58. The molecule has 1 aromatic rings. The molecule has 0 aromatic heterocycles. The number of benzene rings is 1. The van der Waals surface area contributed by atoms with Crippen molar-refractivity contribution in [2.75, 3.05) is 6.61 Å². The van der Waals surface area contributed by atoms with E-state index >= 15 is 0 Å². The zero-order valence-corrected chi connectivity index (χ0v) is 7.19. The van der Waals surface area contributed by atoms with Crippen LogP contribution in [0.2, 0.25) is 0 Å². The van der Waals surface area contributed by atoms with Crippen LogP contribution in [-0.2, 0) is 4.79 Å². The number of hydrogen-bond acceptors (Lipinski definition) is 2. The van der Waals surface area contributed by atoms with E-state index in [1.165, 1.54) is 0 Å². The summed E-state index contributed by atoms with van der Waals surface area (Å²) >= 11 is 0. The molecule has 0 aliphatic carbocycles. The molecule has 0 bridgehead atoms. The van der Waals surface area contributed by atoms with Gasteiger partial charge in [-0.2, -0.15) is 0 Å². The molecule has 0 aliphatic heterocycles. The maximum Gasteiger partial charge on any atom is 0.303 e. The third-order valence-electron chi connectivity index (χ3n) is 1.47. The summed E-state index contributed by atoms with van der Waals surface area (Å²) in [7, 11) is 0. The van der Waals surface area contributed by atoms with Crippen molar-refractivity contribution in [1.82, 2.24) is 0 Å². The van der Waals surface area contributed by atoms with Crippen molar-refractivity contribution in [2.45, 2.75) is 12.8 Å². The fraction of sp³-hybridized carbons (Fsp3) is 0.300. The van der Waals surface area contributed by atoms with Crippen LogP contribution in [0.4, 0.5) is 0 Å². The topological polar surface area (TPSA) is 46.5 Å². The monoisotopic (exact) mass is 179 g/mol. The predicted molar refractivity (Wildman–Crippen MR) is 47.6 cm³/mol. The number of para-hydroxylation sites is 1. The van der Waals surface area contributed by atoms with Gasteiger partial charge in [0.2, 0.25) is 0 Å². The average Bonchev–Trinajstić information content (AvgIpc) is 2.14. The molecule has 0 spiro atoms. The van der Waals surface area contributed by atoms with E-state index in [1.807, 2.05) is 12.1 Å². The van der Waals surface area contributed by atoms with E-state index in [4.69, 9.17) is 9.84 Å². The van der Waals surface area contributed by atoms with Gasteiger partial charge in [-0.05, 0) is 12.5 Å². The molecular formula is C10H11O3. The number of carboxylic acid groups (broad SMARTS) is 1. The SMILES string of the molecule is O=C(O)CCCOc1[c]cccc1. The lowest BCUT2D eigenvalue weighted by atomic mass is 10.3. The summed E-state index contributed by atoms with van der Waals surface area (Å²) in [6.45, 7) is 0.423. The first-order chi connectivity index (χ1) is 6.29. The van der Waals surface area contributed by atoms with E-state index in [-0.39, 0.29) is 6.42 Å². The molecule has 0 saturated carbocycles. The second-order valence-electron chi connectivity index (χ2n) is 2.57. The number of carbonyl (C=O) groups is 1. The molecule has 0 unspecified atom stereocenters. The fourth-order valence-corrected chi connectivity index (χ4v) is 0.872. The van der Waals surface area contributed by atoms with Gasteiger partial charge in [-0.25, -0.2) is 0 Å². The minimum atomic E-state index is -0.791. The maximum atomic E-state index is 10.1. The summed E-state index contributed by atoms with van der Waals surface area (Å²) in [6, 6.07) is 10.1. The van der Waals surface area contributed by atoms with Crippen molar-refractivity contribution in [3.05, 3.63) is 30.3 Å². The molecular weight excluding hydrogens is 168 g/mol. The predicted octanol–water partition coefficient (Wildman–Crippen LogP) is 1.73. The van der Waals surface area contributed by atoms with Crippen LogP contribution in [-0.4, -0.2) is 17.7 Å². The summed E-state index contributed by atoms with van der Waals surface area (Å²) < 4.78 is 5.24. The Labute approximate surface area is 77.0 Å². The molecule has 1 N–H and O–H groups in total. The van der Waals surface area contributed by atoms with Gasteiger partial charge < -0.3 is 9.84 Å². The Bertz CT molecular complexity index is 256. The van der Waals surface area contributed by atoms with E-state index in [1.54, 1.807) is 12.1 Å². The van der Waals surface area contributed by atoms with Gasteiger partial charge in [0.05, 0.1) is 6.61 Å². The molecule has 3 heteroatoms. The van der Waals surface area contributed by atoms with Crippen molar-refractivity contribution in [3.63, 3.8) is 0 Å². The summed E-state index contributed by atoms with van der Waals surface area (Å²) in [5.41, 5.74) is 0. The molecule has 3 nitrogen and oxygen atoms in total. The van der Waals surface area contributed by atoms with Crippen molar-refractivity contribution >= 4 is 5.97 Å². The van der Waals surface area contributed by atoms with Gasteiger partial charge >= 0.3 is 5.97 Å². The van der Waals surface area contributed by atoms with Crippen LogP contribution in [0.5, 0.6) is 5.75 Å². The number of carboxylic acids is 1. The molecule has 0 atom stereocenters. The summed E-state index contributed by atoms with van der Waals surface area (Å²) in [5, 5.41) is 8.35. The molecule has 1 radical (unpaired) electrons. The Kier molecular flexibility index (Phi) is 3.82. The number of ether oxygens (including phenoxy) is 1. The second-order valence-corrected chi connectivity index (χ2v) is 2.57. The average molecular weight is 179 g/mol. The highest BCUT2D eigenvalue weighted by Gasteiger charge is 1.96. The Morgan fingerprint density at radius 1 is 1.54 bits per heavy atom. The standard InChI is InChI=1S/C10H11O3/c11-10(12)7-4-8-13-9-5-2-1-3-6-9/h1-3,5H,4,7-8H2,(H,11,12). The van der Waals surface area contributed by atoms with Gasteiger partial charge in [-0.1, -0.05) is 18.2 Å². The van der Waals surface area contributed by atoms with Crippen LogP contribution in [0, 0.1) is 6.07 Å². The van der Waals surface area contributed by atoms with Crippen LogP contribution < -0.4 is 4.74 Å². The third kappa shape index (κ3) is 4.15. The highest BCUT2D eigenvalue weighted by Crippen LogP contribution is 2.07. The van der Waals surface area contributed by atoms with Gasteiger partial charge in [0.25, 0.3) is 0 Å². The normalized spacial score (nSPS) is 9.54. The van der Waals surface area contributed by atoms with Gasteiger partial charge in [0, 0.05) is 12.5 Å². The van der Waals surface area contributed by atoms with Crippen LogP contribution in [0.15, 0.2) is 24.3 Å². The van der Waals surface area contributed by atoms with Crippen molar-refractivity contribution in [3.8, 4) is 5.75 Å². The highest BCUT2D eigenvalue weighted by atomic mass is 16.5. The molecule has 0 fully saturated rings. The molecule has 1 rings (SSSR count). The first-order valence-electron chi connectivity index (χ1n) is 4.10. The Morgan fingerprint density at radius 3 is 3.00 bits per heavy atom. The maximum absolute atomic E-state index is 10.1. The van der Waals surface area contributed by atoms with Gasteiger partial charge in [0.15, 0.2) is 0 Å². The van der Waals surface area contributed by atoms with Crippen LogP contribution in [0.1, 0.15) is 12.8 Å². The molecule has 13 heavy (non-hydrogen) atoms. The quantitative estimate of drug-likeness (QED) is 0.700. The molecule has 1 aromatic carbocycles. The van der Waals surface area contributed by atoms with E-state index in [2.05, 4.69) is 6.07 Å². The number of aliphatic carboxylic acids is 1. The smallest absolute Gasteiger partial charge is 0.303 e. The van der Waals surface area contributed by atoms with E-state index in [0.717, 1.165) is 0 Å². The van der Waals surface area contributed by atoms with Gasteiger partial charge in [-0.15, -0.1) is 0 Å². The summed E-state index contributed by atoms with van der Waals surface area (Å²) in [5.74, 6) is -0.131.